The van der Waals surface area contributed by atoms with Crippen LogP contribution in [0.1, 0.15) is 32.1 Å². The van der Waals surface area contributed by atoms with Gasteiger partial charge in [-0.1, -0.05) is 0 Å². The highest BCUT2D eigenvalue weighted by Crippen LogP contribution is 2.20. The zero-order valence-corrected chi connectivity index (χ0v) is 9.29. The molecule has 0 aromatic rings. The van der Waals surface area contributed by atoms with E-state index in [0.29, 0.717) is 6.42 Å². The van der Waals surface area contributed by atoms with E-state index in [1.54, 1.807) is 0 Å². The zero-order chi connectivity index (χ0) is 10.4. The lowest BCUT2D eigenvalue weighted by Gasteiger charge is -2.29. The molecule has 1 aliphatic heterocycles. The van der Waals surface area contributed by atoms with Crippen LogP contribution in [0.5, 0.6) is 0 Å². The number of esters is 1. The Hall–Kier alpha value is -0.570. The van der Waals surface area contributed by atoms with Gasteiger partial charge in [-0.2, -0.15) is 0 Å². The Bertz CT molecular complexity index is 182. The van der Waals surface area contributed by atoms with E-state index in [-0.39, 0.29) is 5.97 Å². The van der Waals surface area contributed by atoms with Crippen molar-refractivity contribution in [3.63, 3.8) is 0 Å². The van der Waals surface area contributed by atoms with Gasteiger partial charge in [0.2, 0.25) is 0 Å². The smallest absolute Gasteiger partial charge is 0.305 e. The summed E-state index contributed by atoms with van der Waals surface area (Å²) in [6, 6.07) is 0. The molecule has 3 heteroatoms. The summed E-state index contributed by atoms with van der Waals surface area (Å²) in [6.07, 6.45) is 5.35. The highest BCUT2D eigenvalue weighted by atomic mass is 16.5. The predicted octanol–water partition coefficient (Wildman–Crippen LogP) is 1.67. The molecule has 1 aliphatic rings. The van der Waals surface area contributed by atoms with Crippen LogP contribution in [-0.4, -0.2) is 38.1 Å². The van der Waals surface area contributed by atoms with Crippen molar-refractivity contribution in [3.8, 4) is 0 Å². The number of nitrogens with zero attached hydrogens (tertiary/aromatic N) is 1. The summed E-state index contributed by atoms with van der Waals surface area (Å²) in [5, 5.41) is 0. The molecule has 0 amide bonds. The first kappa shape index (κ1) is 11.5. The van der Waals surface area contributed by atoms with Crippen LogP contribution in [0.2, 0.25) is 0 Å². The normalized spacial score (nSPS) is 23.4. The monoisotopic (exact) mass is 199 g/mol. The number of likely N-dealkylation sites (tertiary alicyclic amines) is 1. The fraction of sp³-hybridized carbons (Fsp3) is 0.909. The molecule has 0 aromatic carbocycles. The maximum absolute atomic E-state index is 10.9. The van der Waals surface area contributed by atoms with Gasteiger partial charge >= 0.3 is 5.97 Å². The minimum atomic E-state index is -0.0748. The molecule has 1 fully saturated rings. The van der Waals surface area contributed by atoms with Gasteiger partial charge in [0, 0.05) is 13.0 Å². The second-order valence-electron chi connectivity index (χ2n) is 4.24. The molecule has 0 spiro atoms. The average molecular weight is 199 g/mol. The second kappa shape index (κ2) is 6.02. The van der Waals surface area contributed by atoms with Crippen molar-refractivity contribution in [3.05, 3.63) is 0 Å². The van der Waals surface area contributed by atoms with E-state index < -0.39 is 0 Å². The number of piperidine rings is 1. The molecule has 1 unspecified atom stereocenters. The Labute approximate surface area is 86.4 Å². The molecular weight excluding hydrogens is 178 g/mol. The highest BCUT2D eigenvalue weighted by molar-refractivity contribution is 5.68. The van der Waals surface area contributed by atoms with E-state index in [4.69, 9.17) is 0 Å². The summed E-state index contributed by atoms with van der Waals surface area (Å²) in [6.45, 7) is 2.43. The molecule has 0 saturated carbocycles. The molecule has 0 bridgehead atoms. The Kier molecular flexibility index (Phi) is 4.94. The van der Waals surface area contributed by atoms with Crippen molar-refractivity contribution in [2.24, 2.45) is 5.92 Å². The van der Waals surface area contributed by atoms with E-state index in [1.807, 2.05) is 0 Å². The third kappa shape index (κ3) is 4.09. The maximum atomic E-state index is 10.9. The molecule has 82 valence electrons. The summed E-state index contributed by atoms with van der Waals surface area (Å²) in [5.41, 5.74) is 0. The SMILES string of the molecule is COC(=O)CCCC1CCCN(C)C1. The molecule has 14 heavy (non-hydrogen) atoms. The number of rotatable bonds is 4. The minimum absolute atomic E-state index is 0.0748. The van der Waals surface area contributed by atoms with Crippen LogP contribution in [0.4, 0.5) is 0 Å². The molecule has 1 saturated heterocycles. The van der Waals surface area contributed by atoms with Crippen molar-refractivity contribution in [2.45, 2.75) is 32.1 Å². The van der Waals surface area contributed by atoms with Crippen LogP contribution >= 0.6 is 0 Å². The van der Waals surface area contributed by atoms with E-state index >= 15 is 0 Å². The Morgan fingerprint density at radius 3 is 3.00 bits per heavy atom. The predicted molar refractivity (Wildman–Crippen MR) is 56.1 cm³/mol. The van der Waals surface area contributed by atoms with E-state index in [9.17, 15) is 4.79 Å². The quantitative estimate of drug-likeness (QED) is 0.645. The fourth-order valence-corrected chi connectivity index (χ4v) is 2.15. The zero-order valence-electron chi connectivity index (χ0n) is 9.29. The summed E-state index contributed by atoms with van der Waals surface area (Å²) in [4.78, 5) is 13.3. The van der Waals surface area contributed by atoms with E-state index in [2.05, 4.69) is 16.7 Å². The molecule has 3 nitrogen and oxygen atoms in total. The van der Waals surface area contributed by atoms with Gasteiger partial charge in [0.1, 0.15) is 0 Å². The lowest BCUT2D eigenvalue weighted by molar-refractivity contribution is -0.140. The van der Waals surface area contributed by atoms with Gasteiger partial charge in [-0.3, -0.25) is 4.79 Å². The van der Waals surface area contributed by atoms with Crippen molar-refractivity contribution in [2.75, 3.05) is 27.2 Å². The number of hydrogen-bond acceptors (Lipinski definition) is 3. The van der Waals surface area contributed by atoms with Gasteiger partial charge in [0.15, 0.2) is 0 Å². The topological polar surface area (TPSA) is 29.5 Å². The highest BCUT2D eigenvalue weighted by Gasteiger charge is 2.16. The maximum Gasteiger partial charge on any atom is 0.305 e. The van der Waals surface area contributed by atoms with Crippen molar-refractivity contribution in [1.82, 2.24) is 4.90 Å². The number of carbonyl (C=O) groups excluding carboxylic acids is 1. The van der Waals surface area contributed by atoms with Gasteiger partial charge in [0.25, 0.3) is 0 Å². The number of carbonyl (C=O) groups is 1. The van der Waals surface area contributed by atoms with Gasteiger partial charge < -0.3 is 9.64 Å². The van der Waals surface area contributed by atoms with Gasteiger partial charge in [-0.25, -0.2) is 0 Å². The van der Waals surface area contributed by atoms with Crippen LogP contribution in [-0.2, 0) is 9.53 Å². The lowest BCUT2D eigenvalue weighted by atomic mass is 9.93. The molecule has 1 atom stereocenters. The largest absolute Gasteiger partial charge is 0.469 e. The van der Waals surface area contributed by atoms with Crippen molar-refractivity contribution >= 4 is 5.97 Å². The second-order valence-corrected chi connectivity index (χ2v) is 4.24. The third-order valence-corrected chi connectivity index (χ3v) is 2.94. The molecule has 0 radical (unpaired) electrons. The van der Waals surface area contributed by atoms with Crippen LogP contribution in [0, 0.1) is 5.92 Å². The molecule has 0 aromatic heterocycles. The Morgan fingerprint density at radius 2 is 2.36 bits per heavy atom. The molecular formula is C11H21NO2. The Morgan fingerprint density at radius 1 is 1.57 bits per heavy atom. The first-order valence-corrected chi connectivity index (χ1v) is 5.47. The summed E-state index contributed by atoms with van der Waals surface area (Å²) in [5.74, 6) is 0.715. The first-order valence-electron chi connectivity index (χ1n) is 5.47. The van der Waals surface area contributed by atoms with Crippen LogP contribution < -0.4 is 0 Å². The molecule has 0 N–H and O–H groups in total. The Balaban J connectivity index is 2.08. The molecule has 1 rings (SSSR count). The number of methoxy groups -OCH3 is 1. The summed E-state index contributed by atoms with van der Waals surface area (Å²) >= 11 is 0. The molecule has 0 aliphatic carbocycles. The molecule has 1 heterocycles. The van der Waals surface area contributed by atoms with E-state index in [1.165, 1.54) is 39.5 Å². The number of hydrogen-bond donors (Lipinski definition) is 0. The standard InChI is InChI=1S/C11H21NO2/c1-12-8-4-6-10(9-12)5-3-7-11(13)14-2/h10H,3-9H2,1-2H3. The van der Waals surface area contributed by atoms with Crippen LogP contribution in [0.3, 0.4) is 0 Å². The third-order valence-electron chi connectivity index (χ3n) is 2.94. The fourth-order valence-electron chi connectivity index (χ4n) is 2.15. The van der Waals surface area contributed by atoms with Crippen molar-refractivity contribution in [1.29, 1.82) is 0 Å². The van der Waals surface area contributed by atoms with Crippen molar-refractivity contribution < 1.29 is 9.53 Å². The van der Waals surface area contributed by atoms with Crippen LogP contribution in [0.15, 0.2) is 0 Å². The van der Waals surface area contributed by atoms with Gasteiger partial charge in [-0.15, -0.1) is 0 Å². The average Bonchev–Trinajstić information content (AvgIpc) is 2.17. The lowest BCUT2D eigenvalue weighted by Crippen LogP contribution is -2.32. The minimum Gasteiger partial charge on any atom is -0.469 e. The van der Waals surface area contributed by atoms with Gasteiger partial charge in [0.05, 0.1) is 7.11 Å². The summed E-state index contributed by atoms with van der Waals surface area (Å²) in [7, 11) is 3.63. The number of ether oxygens (including phenoxy) is 1. The summed E-state index contributed by atoms with van der Waals surface area (Å²) < 4.78 is 4.61. The van der Waals surface area contributed by atoms with E-state index in [0.717, 1.165) is 12.3 Å². The van der Waals surface area contributed by atoms with Crippen LogP contribution in [0.25, 0.3) is 0 Å². The first-order chi connectivity index (χ1) is 6.72. The van der Waals surface area contributed by atoms with Gasteiger partial charge in [-0.05, 0) is 45.2 Å².